The van der Waals surface area contributed by atoms with Crippen molar-refractivity contribution in [3.8, 4) is 0 Å². The van der Waals surface area contributed by atoms with E-state index in [2.05, 4.69) is 10.6 Å². The molecule has 0 aliphatic rings. The van der Waals surface area contributed by atoms with Gasteiger partial charge in [-0.2, -0.15) is 0 Å². The summed E-state index contributed by atoms with van der Waals surface area (Å²) in [5.41, 5.74) is -0.186. The van der Waals surface area contributed by atoms with Gasteiger partial charge in [-0.25, -0.2) is 0 Å². The molecular formula is C11H24N2O3. The van der Waals surface area contributed by atoms with E-state index in [0.717, 1.165) is 6.42 Å². The molecule has 1 unspecified atom stereocenters. The minimum atomic E-state index is -0.194. The Bertz CT molecular complexity index is 207. The van der Waals surface area contributed by atoms with E-state index in [-0.39, 0.29) is 30.6 Å². The molecule has 0 fully saturated rings. The molecule has 0 rings (SSSR count). The van der Waals surface area contributed by atoms with Gasteiger partial charge in [0.25, 0.3) is 0 Å². The molecule has 1 atom stereocenters. The van der Waals surface area contributed by atoms with Crippen LogP contribution in [0.1, 0.15) is 27.2 Å². The van der Waals surface area contributed by atoms with Crippen LogP contribution in [0, 0.1) is 0 Å². The summed E-state index contributed by atoms with van der Waals surface area (Å²) in [4.78, 5) is 11.5. The third kappa shape index (κ3) is 6.76. The van der Waals surface area contributed by atoms with E-state index in [1.54, 1.807) is 7.11 Å². The van der Waals surface area contributed by atoms with Crippen molar-refractivity contribution in [3.63, 3.8) is 0 Å². The van der Waals surface area contributed by atoms with Gasteiger partial charge in [-0.3, -0.25) is 4.79 Å². The van der Waals surface area contributed by atoms with Crippen molar-refractivity contribution in [2.24, 2.45) is 0 Å². The van der Waals surface area contributed by atoms with Gasteiger partial charge in [-0.1, -0.05) is 6.92 Å². The van der Waals surface area contributed by atoms with Gasteiger partial charge < -0.3 is 20.5 Å². The van der Waals surface area contributed by atoms with Crippen molar-refractivity contribution in [3.05, 3.63) is 0 Å². The molecule has 96 valence electrons. The van der Waals surface area contributed by atoms with Gasteiger partial charge in [0.2, 0.25) is 5.91 Å². The highest BCUT2D eigenvalue weighted by atomic mass is 16.5. The van der Waals surface area contributed by atoms with Crippen molar-refractivity contribution in [2.45, 2.75) is 38.8 Å². The Hall–Kier alpha value is -0.650. The normalized spacial score (nSPS) is 13.6. The number of ether oxygens (including phenoxy) is 1. The Morgan fingerprint density at radius 3 is 2.56 bits per heavy atom. The van der Waals surface area contributed by atoms with Crippen LogP contribution in [0.5, 0.6) is 0 Å². The molecule has 5 heteroatoms. The highest BCUT2D eigenvalue weighted by Gasteiger charge is 2.18. The maximum absolute atomic E-state index is 11.5. The largest absolute Gasteiger partial charge is 0.395 e. The van der Waals surface area contributed by atoms with Gasteiger partial charge in [0.1, 0.15) is 0 Å². The van der Waals surface area contributed by atoms with E-state index < -0.39 is 0 Å². The number of aliphatic hydroxyl groups is 1. The fourth-order valence-corrected chi connectivity index (χ4v) is 1.12. The summed E-state index contributed by atoms with van der Waals surface area (Å²) in [6.45, 7) is 6.51. The zero-order chi connectivity index (χ0) is 12.6. The lowest BCUT2D eigenvalue weighted by atomic mass is 10.0. The van der Waals surface area contributed by atoms with Gasteiger partial charge >= 0.3 is 0 Å². The van der Waals surface area contributed by atoms with Crippen molar-refractivity contribution < 1.29 is 14.6 Å². The van der Waals surface area contributed by atoms with Gasteiger partial charge in [0.15, 0.2) is 0 Å². The van der Waals surface area contributed by atoms with Crippen LogP contribution in [0.4, 0.5) is 0 Å². The topological polar surface area (TPSA) is 70.6 Å². The molecule has 1 amide bonds. The average Bonchev–Trinajstić information content (AvgIpc) is 2.23. The second kappa shape index (κ2) is 7.60. The van der Waals surface area contributed by atoms with E-state index in [0.29, 0.717) is 6.61 Å². The molecule has 0 radical (unpaired) electrons. The number of hydrogen-bond donors (Lipinski definition) is 3. The van der Waals surface area contributed by atoms with Gasteiger partial charge in [-0.15, -0.1) is 0 Å². The molecule has 0 bridgehead atoms. The zero-order valence-electron chi connectivity index (χ0n) is 10.7. The third-order valence-corrected chi connectivity index (χ3v) is 2.50. The molecule has 0 aliphatic heterocycles. The summed E-state index contributed by atoms with van der Waals surface area (Å²) in [5.74, 6) is -0.0681. The van der Waals surface area contributed by atoms with Crippen LogP contribution in [-0.4, -0.2) is 49.5 Å². The molecule has 0 aromatic heterocycles. The second-order valence-corrected chi connectivity index (χ2v) is 4.50. The summed E-state index contributed by atoms with van der Waals surface area (Å²) in [6.07, 6.45) is 0.875. The molecule has 0 aromatic rings. The van der Waals surface area contributed by atoms with E-state index in [4.69, 9.17) is 9.84 Å². The molecular weight excluding hydrogens is 208 g/mol. The Labute approximate surface area is 97.6 Å². The van der Waals surface area contributed by atoms with Crippen LogP contribution >= 0.6 is 0 Å². The van der Waals surface area contributed by atoms with E-state index in [1.165, 1.54) is 0 Å². The van der Waals surface area contributed by atoms with Crippen LogP contribution in [0.2, 0.25) is 0 Å². The molecule has 3 N–H and O–H groups in total. The molecule has 0 saturated heterocycles. The van der Waals surface area contributed by atoms with Gasteiger partial charge in [0.05, 0.1) is 25.8 Å². The molecule has 5 nitrogen and oxygen atoms in total. The summed E-state index contributed by atoms with van der Waals surface area (Å²) in [5, 5.41) is 14.8. The number of hydrogen-bond acceptors (Lipinski definition) is 4. The lowest BCUT2D eigenvalue weighted by molar-refractivity contribution is -0.122. The number of carbonyl (C=O) groups is 1. The van der Waals surface area contributed by atoms with E-state index in [1.807, 2.05) is 20.8 Å². The van der Waals surface area contributed by atoms with Crippen molar-refractivity contribution in [1.29, 1.82) is 0 Å². The standard InChI is InChI=1S/C11H24N2O3/c1-5-11(2,3)13-10(15)6-12-9(7-14)8-16-4/h9,12,14H,5-8H2,1-4H3,(H,13,15). The molecule has 0 saturated carbocycles. The molecule has 16 heavy (non-hydrogen) atoms. The molecule has 0 aliphatic carbocycles. The number of amides is 1. The highest BCUT2D eigenvalue weighted by molar-refractivity contribution is 5.78. The van der Waals surface area contributed by atoms with Gasteiger partial charge in [-0.05, 0) is 20.3 Å². The Kier molecular flexibility index (Phi) is 7.29. The Morgan fingerprint density at radius 1 is 1.50 bits per heavy atom. The van der Waals surface area contributed by atoms with E-state index in [9.17, 15) is 4.79 Å². The number of aliphatic hydroxyl groups excluding tert-OH is 1. The average molecular weight is 232 g/mol. The fourth-order valence-electron chi connectivity index (χ4n) is 1.12. The first-order valence-electron chi connectivity index (χ1n) is 5.59. The number of methoxy groups -OCH3 is 1. The van der Waals surface area contributed by atoms with Crippen LogP contribution in [0.15, 0.2) is 0 Å². The monoisotopic (exact) mass is 232 g/mol. The zero-order valence-corrected chi connectivity index (χ0v) is 10.7. The maximum atomic E-state index is 11.5. The first-order valence-corrected chi connectivity index (χ1v) is 5.59. The number of carbonyl (C=O) groups excluding carboxylic acids is 1. The summed E-state index contributed by atoms with van der Waals surface area (Å²) in [6, 6.07) is -0.194. The Morgan fingerprint density at radius 2 is 2.12 bits per heavy atom. The lowest BCUT2D eigenvalue weighted by Crippen LogP contribution is -2.49. The van der Waals surface area contributed by atoms with Gasteiger partial charge in [0, 0.05) is 12.6 Å². The van der Waals surface area contributed by atoms with Crippen LogP contribution in [0.25, 0.3) is 0 Å². The minimum Gasteiger partial charge on any atom is -0.395 e. The molecule has 0 spiro atoms. The summed E-state index contributed by atoms with van der Waals surface area (Å²) in [7, 11) is 1.56. The van der Waals surface area contributed by atoms with Crippen LogP contribution in [0.3, 0.4) is 0 Å². The fraction of sp³-hybridized carbons (Fsp3) is 0.909. The number of nitrogens with one attached hydrogen (secondary N) is 2. The summed E-state index contributed by atoms with van der Waals surface area (Å²) >= 11 is 0. The first-order chi connectivity index (χ1) is 7.45. The smallest absolute Gasteiger partial charge is 0.234 e. The molecule has 0 heterocycles. The van der Waals surface area contributed by atoms with Crippen molar-refractivity contribution in [2.75, 3.05) is 26.9 Å². The Balaban J connectivity index is 3.88. The van der Waals surface area contributed by atoms with Crippen molar-refractivity contribution >= 4 is 5.91 Å². The van der Waals surface area contributed by atoms with Crippen LogP contribution in [-0.2, 0) is 9.53 Å². The number of rotatable bonds is 8. The first kappa shape index (κ1) is 15.3. The quantitative estimate of drug-likeness (QED) is 0.546. The second-order valence-electron chi connectivity index (χ2n) is 4.50. The highest BCUT2D eigenvalue weighted by Crippen LogP contribution is 2.05. The lowest BCUT2D eigenvalue weighted by Gasteiger charge is -2.25. The predicted octanol–water partition coefficient (Wildman–Crippen LogP) is -0.112. The minimum absolute atomic E-state index is 0.0434. The molecule has 0 aromatic carbocycles. The maximum Gasteiger partial charge on any atom is 0.234 e. The SMILES string of the molecule is CCC(C)(C)NC(=O)CNC(CO)COC. The van der Waals surface area contributed by atoms with Crippen molar-refractivity contribution in [1.82, 2.24) is 10.6 Å². The third-order valence-electron chi connectivity index (χ3n) is 2.50. The summed E-state index contributed by atoms with van der Waals surface area (Å²) < 4.78 is 4.90. The van der Waals surface area contributed by atoms with E-state index >= 15 is 0 Å². The predicted molar refractivity (Wildman–Crippen MR) is 63.3 cm³/mol. The van der Waals surface area contributed by atoms with Crippen LogP contribution < -0.4 is 10.6 Å².